The van der Waals surface area contributed by atoms with Crippen molar-refractivity contribution >= 4 is 11.3 Å². The largest absolute Gasteiger partial charge is 0.396 e. The fraction of sp³-hybridized carbons (Fsp3) is 0.526. The molecule has 2 aromatic rings. The van der Waals surface area contributed by atoms with Crippen molar-refractivity contribution in [3.63, 3.8) is 0 Å². The molecule has 1 aromatic carbocycles. The minimum atomic E-state index is 0.251. The first kappa shape index (κ1) is 16.6. The van der Waals surface area contributed by atoms with Crippen molar-refractivity contribution in [2.45, 2.75) is 57.5 Å². The third kappa shape index (κ3) is 4.00. The van der Waals surface area contributed by atoms with E-state index in [0.717, 1.165) is 25.7 Å². The smallest absolute Gasteiger partial charge is 0.0928 e. The Morgan fingerprint density at radius 2 is 2.17 bits per heavy atom. The van der Waals surface area contributed by atoms with Crippen LogP contribution in [0.4, 0.5) is 0 Å². The van der Waals surface area contributed by atoms with E-state index in [1.165, 1.54) is 34.0 Å². The molecule has 3 rings (SSSR count). The van der Waals surface area contributed by atoms with Gasteiger partial charge in [0.2, 0.25) is 0 Å². The monoisotopic (exact) mass is 330 g/mol. The maximum Gasteiger partial charge on any atom is 0.0928 e. The minimum Gasteiger partial charge on any atom is -0.396 e. The lowest BCUT2D eigenvalue weighted by atomic mass is 9.95. The summed E-state index contributed by atoms with van der Waals surface area (Å²) in [5, 5.41) is 14.3. The molecule has 0 aliphatic heterocycles. The Labute approximate surface area is 142 Å². The van der Waals surface area contributed by atoms with Crippen molar-refractivity contribution in [3.8, 4) is 0 Å². The van der Waals surface area contributed by atoms with Crippen molar-refractivity contribution < 1.29 is 5.11 Å². The zero-order valence-electron chi connectivity index (χ0n) is 13.8. The molecule has 1 heterocycles. The predicted molar refractivity (Wildman–Crippen MR) is 95.8 cm³/mol. The average molecular weight is 330 g/mol. The van der Waals surface area contributed by atoms with Crippen molar-refractivity contribution in [2.75, 3.05) is 6.61 Å². The molecule has 124 valence electrons. The third-order valence-electron chi connectivity index (χ3n) is 4.55. The Bertz CT molecular complexity index is 611. The molecule has 4 heteroatoms. The van der Waals surface area contributed by atoms with E-state index in [2.05, 4.69) is 42.6 Å². The van der Waals surface area contributed by atoms with Gasteiger partial charge in [-0.25, -0.2) is 4.98 Å². The zero-order valence-corrected chi connectivity index (χ0v) is 14.6. The van der Waals surface area contributed by atoms with Gasteiger partial charge in [0.15, 0.2) is 0 Å². The zero-order chi connectivity index (χ0) is 16.1. The van der Waals surface area contributed by atoms with E-state index in [9.17, 15) is 5.11 Å². The molecule has 23 heavy (non-hydrogen) atoms. The summed E-state index contributed by atoms with van der Waals surface area (Å²) in [7, 11) is 0. The molecule has 2 unspecified atom stereocenters. The molecule has 1 aliphatic carbocycles. The first-order valence-electron chi connectivity index (χ1n) is 8.72. The highest BCUT2D eigenvalue weighted by molar-refractivity contribution is 7.11. The van der Waals surface area contributed by atoms with E-state index in [4.69, 9.17) is 4.98 Å². The molecule has 0 bridgehead atoms. The van der Waals surface area contributed by atoms with Gasteiger partial charge in [0, 0.05) is 23.6 Å². The van der Waals surface area contributed by atoms with Crippen LogP contribution in [0.3, 0.4) is 0 Å². The summed E-state index contributed by atoms with van der Waals surface area (Å²) >= 11 is 1.88. The van der Waals surface area contributed by atoms with E-state index in [-0.39, 0.29) is 6.61 Å². The molecule has 1 aromatic heterocycles. The first-order valence-corrected chi connectivity index (χ1v) is 9.53. The van der Waals surface area contributed by atoms with Crippen molar-refractivity contribution in [1.82, 2.24) is 10.3 Å². The maximum absolute atomic E-state index is 9.23. The van der Waals surface area contributed by atoms with Crippen LogP contribution in [-0.2, 0) is 12.8 Å². The minimum absolute atomic E-state index is 0.251. The number of hydrogen-bond acceptors (Lipinski definition) is 4. The third-order valence-corrected chi connectivity index (χ3v) is 5.91. The molecule has 0 amide bonds. The van der Waals surface area contributed by atoms with Crippen molar-refractivity contribution in [1.29, 1.82) is 0 Å². The Kier molecular flexibility index (Phi) is 5.81. The van der Waals surface area contributed by atoms with E-state index < -0.39 is 0 Å². The molecular weight excluding hydrogens is 304 g/mol. The highest BCUT2D eigenvalue weighted by Gasteiger charge is 2.26. The summed E-state index contributed by atoms with van der Waals surface area (Å²) in [6.07, 6.45) is 6.33. The molecule has 0 fully saturated rings. The number of aliphatic hydroxyl groups excluding tert-OH is 1. The number of rotatable bonds is 7. The predicted octanol–water partition coefficient (Wildman–Crippen LogP) is 4.19. The van der Waals surface area contributed by atoms with Crippen LogP contribution < -0.4 is 5.32 Å². The van der Waals surface area contributed by atoms with E-state index in [1.54, 1.807) is 0 Å². The quantitative estimate of drug-likeness (QED) is 0.800. The Morgan fingerprint density at radius 1 is 1.35 bits per heavy atom. The second kappa shape index (κ2) is 8.04. The molecular formula is C19H26N2OS. The highest BCUT2D eigenvalue weighted by Crippen LogP contribution is 2.36. The lowest BCUT2D eigenvalue weighted by Gasteiger charge is -2.28. The lowest BCUT2D eigenvalue weighted by molar-refractivity contribution is 0.270. The second-order valence-electron chi connectivity index (χ2n) is 6.21. The molecule has 1 aliphatic rings. The summed E-state index contributed by atoms with van der Waals surface area (Å²) in [5.74, 6) is 0. The van der Waals surface area contributed by atoms with Gasteiger partial charge in [-0.2, -0.15) is 0 Å². The fourth-order valence-corrected chi connectivity index (χ4v) is 4.50. The van der Waals surface area contributed by atoms with Crippen molar-refractivity contribution in [3.05, 3.63) is 51.5 Å². The van der Waals surface area contributed by atoms with Crippen LogP contribution in [0.5, 0.6) is 0 Å². The van der Waals surface area contributed by atoms with E-state index in [1.807, 2.05) is 11.3 Å². The van der Waals surface area contributed by atoms with Crippen LogP contribution in [0.15, 0.2) is 30.3 Å². The summed E-state index contributed by atoms with van der Waals surface area (Å²) in [6, 6.07) is 11.3. The normalized spacial score (nSPS) is 18.6. The standard InChI is InChI=1S/C19H26N2OS/c1-2-18-21-17-11-6-10-16(19(17)23-18)20-15(12-7-13-22)14-8-4-3-5-9-14/h3-5,8-9,15-16,20,22H,2,6-7,10-13H2,1H3. The van der Waals surface area contributed by atoms with Gasteiger partial charge in [-0.15, -0.1) is 11.3 Å². The number of hydrogen-bond donors (Lipinski definition) is 2. The van der Waals surface area contributed by atoms with Crippen LogP contribution in [0.2, 0.25) is 0 Å². The van der Waals surface area contributed by atoms with Gasteiger partial charge in [0.1, 0.15) is 0 Å². The summed E-state index contributed by atoms with van der Waals surface area (Å²) in [5.41, 5.74) is 2.62. The van der Waals surface area contributed by atoms with Crippen LogP contribution in [0.25, 0.3) is 0 Å². The van der Waals surface area contributed by atoms with Gasteiger partial charge < -0.3 is 10.4 Å². The first-order chi connectivity index (χ1) is 11.3. The van der Waals surface area contributed by atoms with Gasteiger partial charge >= 0.3 is 0 Å². The number of thiazole rings is 1. The van der Waals surface area contributed by atoms with Crippen LogP contribution in [-0.4, -0.2) is 16.7 Å². The molecule has 3 nitrogen and oxygen atoms in total. The second-order valence-corrected chi connectivity index (χ2v) is 7.33. The van der Waals surface area contributed by atoms with Gasteiger partial charge in [-0.1, -0.05) is 37.3 Å². The molecule has 2 atom stereocenters. The topological polar surface area (TPSA) is 45.2 Å². The summed E-state index contributed by atoms with van der Waals surface area (Å²) in [4.78, 5) is 6.24. The van der Waals surface area contributed by atoms with E-state index >= 15 is 0 Å². The Hall–Kier alpha value is -1.23. The number of fused-ring (bicyclic) bond motifs is 1. The lowest BCUT2D eigenvalue weighted by Crippen LogP contribution is -2.28. The van der Waals surface area contributed by atoms with Gasteiger partial charge in [-0.3, -0.25) is 0 Å². The number of benzene rings is 1. The number of aryl methyl sites for hydroxylation is 2. The fourth-order valence-electron chi connectivity index (χ4n) is 3.35. The number of nitrogens with zero attached hydrogens (tertiary/aromatic N) is 1. The Balaban J connectivity index is 1.79. The van der Waals surface area contributed by atoms with Crippen LogP contribution in [0, 0.1) is 0 Å². The molecule has 0 spiro atoms. The van der Waals surface area contributed by atoms with Gasteiger partial charge in [0.25, 0.3) is 0 Å². The summed E-state index contributed by atoms with van der Waals surface area (Å²) in [6.45, 7) is 2.43. The molecule has 0 radical (unpaired) electrons. The van der Waals surface area contributed by atoms with E-state index in [0.29, 0.717) is 12.1 Å². The highest BCUT2D eigenvalue weighted by atomic mass is 32.1. The molecule has 0 saturated carbocycles. The number of nitrogens with one attached hydrogen (secondary N) is 1. The van der Waals surface area contributed by atoms with Crippen LogP contribution in [0.1, 0.15) is 65.8 Å². The number of aromatic nitrogens is 1. The Morgan fingerprint density at radius 3 is 2.91 bits per heavy atom. The molecule has 2 N–H and O–H groups in total. The van der Waals surface area contributed by atoms with Gasteiger partial charge in [0.05, 0.1) is 10.7 Å². The number of aliphatic hydroxyl groups is 1. The van der Waals surface area contributed by atoms with Crippen molar-refractivity contribution in [2.24, 2.45) is 0 Å². The SMILES string of the molecule is CCc1nc2c(s1)C(NC(CCCO)c1ccccc1)CCC2. The van der Waals surface area contributed by atoms with Crippen LogP contribution >= 0.6 is 11.3 Å². The summed E-state index contributed by atoms with van der Waals surface area (Å²) < 4.78 is 0. The van der Waals surface area contributed by atoms with Gasteiger partial charge in [-0.05, 0) is 44.1 Å². The average Bonchev–Trinajstić information content (AvgIpc) is 3.03. The maximum atomic E-state index is 9.23. The molecule has 0 saturated heterocycles.